The van der Waals surface area contributed by atoms with Gasteiger partial charge in [-0.05, 0) is 26.6 Å². The van der Waals surface area contributed by atoms with Gasteiger partial charge in [0.25, 0.3) is 0 Å². The van der Waals surface area contributed by atoms with Crippen molar-refractivity contribution in [3.05, 3.63) is 18.2 Å². The molecule has 96 valence electrons. The molecule has 0 aliphatic carbocycles. The molecule has 0 aliphatic heterocycles. The molecule has 0 saturated carbocycles. The monoisotopic (exact) mass is 237 g/mol. The van der Waals surface area contributed by atoms with Crippen molar-refractivity contribution in [3.63, 3.8) is 0 Å². The molecule has 0 unspecified atom stereocenters. The largest absolute Gasteiger partial charge is 0.494 e. The van der Waals surface area contributed by atoms with E-state index in [1.807, 2.05) is 25.1 Å². The van der Waals surface area contributed by atoms with E-state index in [2.05, 4.69) is 24.2 Å². The fourth-order valence-corrected chi connectivity index (χ4v) is 1.52. The predicted molar refractivity (Wildman–Crippen MR) is 73.7 cm³/mol. The number of hydrogen-bond donors (Lipinski definition) is 2. The highest BCUT2D eigenvalue weighted by Crippen LogP contribution is 2.22. The van der Waals surface area contributed by atoms with Gasteiger partial charge in [0, 0.05) is 36.6 Å². The lowest BCUT2D eigenvalue weighted by Gasteiger charge is -2.15. The molecule has 4 nitrogen and oxygen atoms in total. The molecule has 0 spiro atoms. The number of nitrogens with one attached hydrogen (secondary N) is 1. The summed E-state index contributed by atoms with van der Waals surface area (Å²) >= 11 is 0. The third kappa shape index (κ3) is 4.95. The van der Waals surface area contributed by atoms with E-state index in [0.29, 0.717) is 6.61 Å². The molecule has 0 atom stereocenters. The van der Waals surface area contributed by atoms with Crippen molar-refractivity contribution in [1.29, 1.82) is 0 Å². The van der Waals surface area contributed by atoms with Crippen molar-refractivity contribution >= 4 is 11.4 Å². The number of rotatable bonds is 7. The minimum Gasteiger partial charge on any atom is -0.494 e. The van der Waals surface area contributed by atoms with E-state index < -0.39 is 0 Å². The fourth-order valence-electron chi connectivity index (χ4n) is 1.52. The molecule has 0 radical (unpaired) electrons. The van der Waals surface area contributed by atoms with E-state index in [9.17, 15) is 0 Å². The normalized spacial score (nSPS) is 10.6. The van der Waals surface area contributed by atoms with E-state index >= 15 is 0 Å². The van der Waals surface area contributed by atoms with Gasteiger partial charge in [0.05, 0.1) is 6.61 Å². The van der Waals surface area contributed by atoms with Crippen LogP contribution >= 0.6 is 0 Å². The number of anilines is 2. The smallest absolute Gasteiger partial charge is 0.123 e. The van der Waals surface area contributed by atoms with E-state index in [0.717, 1.165) is 36.8 Å². The molecule has 3 N–H and O–H groups in total. The van der Waals surface area contributed by atoms with Gasteiger partial charge >= 0.3 is 0 Å². The minimum atomic E-state index is 0.654. The Morgan fingerprint density at radius 1 is 1.29 bits per heavy atom. The van der Waals surface area contributed by atoms with Gasteiger partial charge < -0.3 is 20.7 Å². The Kier molecular flexibility index (Phi) is 5.63. The summed E-state index contributed by atoms with van der Waals surface area (Å²) in [6, 6.07) is 5.74. The first-order valence-electron chi connectivity index (χ1n) is 6.11. The lowest BCUT2D eigenvalue weighted by Crippen LogP contribution is -2.24. The van der Waals surface area contributed by atoms with Crippen molar-refractivity contribution in [2.24, 2.45) is 0 Å². The molecule has 17 heavy (non-hydrogen) atoms. The second kappa shape index (κ2) is 7.01. The van der Waals surface area contributed by atoms with E-state index in [1.54, 1.807) is 0 Å². The summed E-state index contributed by atoms with van der Waals surface area (Å²) in [7, 11) is 2.10. The summed E-state index contributed by atoms with van der Waals surface area (Å²) in [6.45, 7) is 7.74. The first-order chi connectivity index (χ1) is 8.15. The predicted octanol–water partition coefficient (Wildman–Crippen LogP) is 2.03. The lowest BCUT2D eigenvalue weighted by atomic mass is 10.2. The molecule has 1 rings (SSSR count). The second-order valence-corrected chi connectivity index (χ2v) is 4.05. The van der Waals surface area contributed by atoms with Crippen LogP contribution in [0.1, 0.15) is 13.8 Å². The highest BCUT2D eigenvalue weighted by molar-refractivity contribution is 5.59. The van der Waals surface area contributed by atoms with Gasteiger partial charge in [-0.1, -0.05) is 6.92 Å². The first kappa shape index (κ1) is 13.6. The molecular weight excluding hydrogens is 214 g/mol. The molecular formula is C13H23N3O. The number of nitrogen functional groups attached to an aromatic ring is 1. The van der Waals surface area contributed by atoms with Crippen molar-refractivity contribution in [2.75, 3.05) is 44.3 Å². The summed E-state index contributed by atoms with van der Waals surface area (Å²) in [4.78, 5) is 2.25. The van der Waals surface area contributed by atoms with Crippen LogP contribution in [0.2, 0.25) is 0 Å². The van der Waals surface area contributed by atoms with Crippen LogP contribution in [0.4, 0.5) is 11.4 Å². The van der Waals surface area contributed by atoms with E-state index in [1.165, 1.54) is 0 Å². The Hall–Kier alpha value is -1.42. The maximum absolute atomic E-state index is 5.82. The topological polar surface area (TPSA) is 50.5 Å². The van der Waals surface area contributed by atoms with Crippen LogP contribution in [0.15, 0.2) is 18.2 Å². The number of hydrogen-bond acceptors (Lipinski definition) is 4. The fraction of sp³-hybridized carbons (Fsp3) is 0.538. The summed E-state index contributed by atoms with van der Waals surface area (Å²) in [5.41, 5.74) is 7.55. The Morgan fingerprint density at radius 2 is 2.06 bits per heavy atom. The Morgan fingerprint density at radius 3 is 2.71 bits per heavy atom. The zero-order chi connectivity index (χ0) is 12.7. The minimum absolute atomic E-state index is 0.654. The summed E-state index contributed by atoms with van der Waals surface area (Å²) in [6.07, 6.45) is 0. The molecule has 0 fully saturated rings. The number of nitrogens with zero attached hydrogens (tertiary/aromatic N) is 1. The average molecular weight is 237 g/mol. The van der Waals surface area contributed by atoms with Gasteiger partial charge in [0.2, 0.25) is 0 Å². The van der Waals surface area contributed by atoms with Crippen LogP contribution in [0, 0.1) is 0 Å². The molecule has 0 bridgehead atoms. The molecule has 0 aliphatic rings. The molecule has 1 aromatic carbocycles. The summed E-state index contributed by atoms with van der Waals surface area (Å²) in [5, 5.41) is 3.35. The Bertz CT molecular complexity index is 341. The van der Waals surface area contributed by atoms with E-state index in [-0.39, 0.29) is 0 Å². The van der Waals surface area contributed by atoms with Crippen molar-refractivity contribution < 1.29 is 4.74 Å². The number of benzene rings is 1. The number of nitrogens with two attached hydrogens (primary N) is 1. The summed E-state index contributed by atoms with van der Waals surface area (Å²) < 4.78 is 5.45. The lowest BCUT2D eigenvalue weighted by molar-refractivity contribution is 0.340. The van der Waals surface area contributed by atoms with Crippen LogP contribution in [-0.4, -0.2) is 38.2 Å². The zero-order valence-corrected chi connectivity index (χ0v) is 11.0. The van der Waals surface area contributed by atoms with Crippen LogP contribution < -0.4 is 15.8 Å². The third-order valence-corrected chi connectivity index (χ3v) is 2.60. The van der Waals surface area contributed by atoms with Gasteiger partial charge in [-0.25, -0.2) is 0 Å². The molecule has 1 aromatic rings. The van der Waals surface area contributed by atoms with Crippen molar-refractivity contribution in [2.45, 2.75) is 13.8 Å². The van der Waals surface area contributed by atoms with Crippen molar-refractivity contribution in [3.8, 4) is 5.75 Å². The number of ether oxygens (including phenoxy) is 1. The molecule has 0 aromatic heterocycles. The standard InChI is InChI=1S/C13H23N3O/c1-4-16(3)7-6-15-12-8-11(14)9-13(10-12)17-5-2/h8-10,15H,4-7,14H2,1-3H3. The third-order valence-electron chi connectivity index (χ3n) is 2.60. The van der Waals surface area contributed by atoms with Gasteiger partial charge in [-0.3, -0.25) is 0 Å². The van der Waals surface area contributed by atoms with Gasteiger partial charge in [0.15, 0.2) is 0 Å². The SMILES string of the molecule is CCOc1cc(N)cc(NCCN(C)CC)c1. The van der Waals surface area contributed by atoms with E-state index in [4.69, 9.17) is 10.5 Å². The molecule has 0 heterocycles. The maximum atomic E-state index is 5.82. The van der Waals surface area contributed by atoms with Crippen LogP contribution in [-0.2, 0) is 0 Å². The quantitative estimate of drug-likeness (QED) is 0.712. The summed E-state index contributed by atoms with van der Waals surface area (Å²) in [5.74, 6) is 0.818. The van der Waals surface area contributed by atoms with Crippen LogP contribution in [0.5, 0.6) is 5.75 Å². The van der Waals surface area contributed by atoms with Gasteiger partial charge in [-0.15, -0.1) is 0 Å². The Labute approximate surface area is 104 Å². The van der Waals surface area contributed by atoms with Gasteiger partial charge in [0.1, 0.15) is 5.75 Å². The molecule has 4 heteroatoms. The Balaban J connectivity index is 2.52. The van der Waals surface area contributed by atoms with Gasteiger partial charge in [-0.2, -0.15) is 0 Å². The highest BCUT2D eigenvalue weighted by Gasteiger charge is 2.00. The van der Waals surface area contributed by atoms with Crippen LogP contribution in [0.3, 0.4) is 0 Å². The number of likely N-dealkylation sites (N-methyl/N-ethyl adjacent to an activating group) is 1. The first-order valence-corrected chi connectivity index (χ1v) is 6.11. The maximum Gasteiger partial charge on any atom is 0.123 e. The highest BCUT2D eigenvalue weighted by atomic mass is 16.5. The van der Waals surface area contributed by atoms with Crippen LogP contribution in [0.25, 0.3) is 0 Å². The zero-order valence-electron chi connectivity index (χ0n) is 11.0. The molecule has 0 saturated heterocycles. The average Bonchev–Trinajstić information content (AvgIpc) is 2.28. The van der Waals surface area contributed by atoms with Crippen molar-refractivity contribution in [1.82, 2.24) is 4.90 Å². The molecule has 0 amide bonds. The second-order valence-electron chi connectivity index (χ2n) is 4.05.